The van der Waals surface area contributed by atoms with Crippen LogP contribution < -0.4 is 5.32 Å². The number of nitrogens with zero attached hydrogens (tertiary/aromatic N) is 3. The number of aryl methyl sites for hydroxylation is 2. The van der Waals surface area contributed by atoms with Crippen molar-refractivity contribution in [2.24, 2.45) is 5.92 Å². The molecule has 0 radical (unpaired) electrons. The van der Waals surface area contributed by atoms with Gasteiger partial charge in [-0.15, -0.1) is 11.3 Å². The van der Waals surface area contributed by atoms with Gasteiger partial charge in [-0.2, -0.15) is 0 Å². The molecule has 3 heterocycles. The molecule has 0 spiro atoms. The first-order chi connectivity index (χ1) is 16.4. The van der Waals surface area contributed by atoms with Crippen LogP contribution in [0, 0.1) is 12.8 Å². The zero-order chi connectivity index (χ0) is 24.1. The van der Waals surface area contributed by atoms with E-state index in [4.69, 9.17) is 0 Å². The fraction of sp³-hybridized carbons (Fsp3) is 0.538. The molecule has 2 aromatic rings. The lowest BCUT2D eigenvalue weighted by Gasteiger charge is -2.40. The predicted octanol–water partition coefficient (Wildman–Crippen LogP) is 3.96. The van der Waals surface area contributed by atoms with Gasteiger partial charge in [0, 0.05) is 37.4 Å². The number of carbonyl (C=O) groups is 3. The number of rotatable bonds is 9. The summed E-state index contributed by atoms with van der Waals surface area (Å²) in [7, 11) is 0. The second-order valence-corrected chi connectivity index (χ2v) is 10.3. The molecular weight excluding hydrogens is 448 g/mol. The van der Waals surface area contributed by atoms with Gasteiger partial charge >= 0.3 is 6.03 Å². The van der Waals surface area contributed by atoms with E-state index in [1.807, 2.05) is 36.9 Å². The van der Waals surface area contributed by atoms with Crippen molar-refractivity contribution in [1.29, 1.82) is 0 Å². The van der Waals surface area contributed by atoms with Crippen LogP contribution in [-0.2, 0) is 22.4 Å². The third-order valence-corrected chi connectivity index (χ3v) is 8.41. The summed E-state index contributed by atoms with van der Waals surface area (Å²) >= 11 is 1.56. The van der Waals surface area contributed by atoms with Crippen LogP contribution in [0.2, 0.25) is 0 Å². The van der Waals surface area contributed by atoms with Crippen molar-refractivity contribution >= 4 is 29.2 Å². The van der Waals surface area contributed by atoms with E-state index < -0.39 is 5.54 Å². The van der Waals surface area contributed by atoms with Crippen molar-refractivity contribution in [3.05, 3.63) is 52.0 Å². The summed E-state index contributed by atoms with van der Waals surface area (Å²) in [5, 5.41) is 3.05. The van der Waals surface area contributed by atoms with Crippen molar-refractivity contribution in [2.45, 2.75) is 64.3 Å². The van der Waals surface area contributed by atoms with Crippen LogP contribution in [0.3, 0.4) is 0 Å². The quantitative estimate of drug-likeness (QED) is 0.549. The maximum Gasteiger partial charge on any atom is 0.325 e. The van der Waals surface area contributed by atoms with E-state index in [1.54, 1.807) is 16.8 Å². The number of urea groups is 1. The van der Waals surface area contributed by atoms with Crippen LogP contribution in [0.15, 0.2) is 35.8 Å². The summed E-state index contributed by atoms with van der Waals surface area (Å²) < 4.78 is 0. The first-order valence-corrected chi connectivity index (χ1v) is 13.2. The summed E-state index contributed by atoms with van der Waals surface area (Å²) in [4.78, 5) is 47.6. The Morgan fingerprint density at radius 3 is 2.56 bits per heavy atom. The number of imide groups is 1. The minimum atomic E-state index is -0.859. The van der Waals surface area contributed by atoms with Crippen LogP contribution in [0.1, 0.15) is 55.2 Å². The Labute approximate surface area is 205 Å². The van der Waals surface area contributed by atoms with Gasteiger partial charge in [0.15, 0.2) is 0 Å². The van der Waals surface area contributed by atoms with Gasteiger partial charge in [-0.25, -0.2) is 9.78 Å². The van der Waals surface area contributed by atoms with Gasteiger partial charge < -0.3 is 10.2 Å². The molecule has 1 aromatic heterocycles. The number of carbonyl (C=O) groups excluding carboxylic acids is 3. The van der Waals surface area contributed by atoms with Crippen LogP contribution in [0.5, 0.6) is 0 Å². The van der Waals surface area contributed by atoms with Gasteiger partial charge in [-0.1, -0.05) is 37.3 Å². The number of piperidine rings is 1. The highest BCUT2D eigenvalue weighted by atomic mass is 32.1. The Bertz CT molecular complexity index is 1020. The van der Waals surface area contributed by atoms with E-state index in [0.29, 0.717) is 38.9 Å². The third kappa shape index (κ3) is 5.02. The van der Waals surface area contributed by atoms with Gasteiger partial charge in [0.05, 0.1) is 11.2 Å². The Morgan fingerprint density at radius 1 is 1.18 bits per heavy atom. The Morgan fingerprint density at radius 2 is 1.91 bits per heavy atom. The molecule has 8 heteroatoms. The van der Waals surface area contributed by atoms with Crippen molar-refractivity contribution < 1.29 is 14.4 Å². The van der Waals surface area contributed by atoms with E-state index in [1.165, 1.54) is 10.5 Å². The number of amides is 4. The molecule has 1 N–H and O–H groups in total. The van der Waals surface area contributed by atoms with Gasteiger partial charge in [0.1, 0.15) is 5.54 Å². The molecule has 1 unspecified atom stereocenters. The second kappa shape index (κ2) is 10.7. The fourth-order valence-corrected chi connectivity index (χ4v) is 6.07. The first kappa shape index (κ1) is 24.4. The summed E-state index contributed by atoms with van der Waals surface area (Å²) in [6, 6.07) is 9.94. The van der Waals surface area contributed by atoms with Gasteiger partial charge in [0.2, 0.25) is 5.91 Å². The van der Waals surface area contributed by atoms with Crippen LogP contribution in [0.25, 0.3) is 0 Å². The Hall–Kier alpha value is -2.74. The van der Waals surface area contributed by atoms with E-state index in [9.17, 15) is 14.4 Å². The molecule has 34 heavy (non-hydrogen) atoms. The number of likely N-dealkylation sites (tertiary alicyclic amines) is 1. The number of hydrogen-bond acceptors (Lipinski definition) is 5. The molecule has 2 aliphatic heterocycles. The Kier molecular flexibility index (Phi) is 7.66. The van der Waals surface area contributed by atoms with Crippen molar-refractivity contribution in [1.82, 2.24) is 20.1 Å². The van der Waals surface area contributed by atoms with E-state index in [-0.39, 0.29) is 23.8 Å². The molecule has 2 saturated heterocycles. The molecule has 182 valence electrons. The SMILES string of the molecule is CCC1(C2CCN(C(=O)CCCc3ccccc3)CC2)NC(=O)N(CCc2scnc2C)C1=O. The molecule has 1 aromatic carbocycles. The summed E-state index contributed by atoms with van der Waals surface area (Å²) in [5.41, 5.74) is 3.15. The number of nitrogens with one attached hydrogen (secondary N) is 1. The molecular formula is C26H34N4O3S. The van der Waals surface area contributed by atoms with Crippen LogP contribution in [0.4, 0.5) is 4.79 Å². The Balaban J connectivity index is 1.30. The van der Waals surface area contributed by atoms with E-state index in [2.05, 4.69) is 22.4 Å². The molecule has 0 aliphatic carbocycles. The maximum atomic E-state index is 13.5. The van der Waals surface area contributed by atoms with Gasteiger partial charge in [-0.05, 0) is 50.5 Å². The molecule has 4 rings (SSSR count). The molecule has 0 saturated carbocycles. The van der Waals surface area contributed by atoms with Gasteiger partial charge in [0.25, 0.3) is 5.91 Å². The lowest BCUT2D eigenvalue weighted by atomic mass is 9.75. The van der Waals surface area contributed by atoms with Crippen molar-refractivity contribution in [2.75, 3.05) is 19.6 Å². The summed E-state index contributed by atoms with van der Waals surface area (Å²) in [5.74, 6) is 0.107. The lowest BCUT2D eigenvalue weighted by Crippen LogP contribution is -2.56. The molecule has 2 aliphatic rings. The maximum absolute atomic E-state index is 13.5. The average molecular weight is 483 g/mol. The molecule has 7 nitrogen and oxygen atoms in total. The third-order valence-electron chi connectivity index (χ3n) is 7.41. The van der Waals surface area contributed by atoms with Crippen molar-refractivity contribution in [3.63, 3.8) is 0 Å². The highest BCUT2D eigenvalue weighted by molar-refractivity contribution is 7.09. The summed E-state index contributed by atoms with van der Waals surface area (Å²) in [6.07, 6.45) is 4.93. The average Bonchev–Trinajstić information content (AvgIpc) is 3.38. The molecule has 1 atom stereocenters. The highest BCUT2D eigenvalue weighted by Crippen LogP contribution is 2.36. The zero-order valence-electron chi connectivity index (χ0n) is 20.1. The molecule has 2 fully saturated rings. The van der Waals surface area contributed by atoms with E-state index in [0.717, 1.165) is 36.3 Å². The standard InChI is InChI=1S/C26H34N4O3S/c1-3-26(24(32)30(25(33)28-26)17-14-22-19(2)27-18-34-22)21-12-15-29(16-13-21)23(31)11-7-10-20-8-5-4-6-9-20/h4-6,8-9,18,21H,3,7,10-17H2,1-2H3,(H,28,33). The zero-order valence-corrected chi connectivity index (χ0v) is 20.9. The van der Waals surface area contributed by atoms with Gasteiger partial charge in [-0.3, -0.25) is 14.5 Å². The first-order valence-electron chi connectivity index (χ1n) is 12.3. The molecule has 4 amide bonds. The lowest BCUT2D eigenvalue weighted by molar-refractivity contribution is -0.136. The predicted molar refractivity (Wildman–Crippen MR) is 133 cm³/mol. The smallest absolute Gasteiger partial charge is 0.325 e. The van der Waals surface area contributed by atoms with E-state index >= 15 is 0 Å². The monoisotopic (exact) mass is 482 g/mol. The normalized spacial score (nSPS) is 21.2. The largest absolute Gasteiger partial charge is 0.343 e. The number of benzene rings is 1. The summed E-state index contributed by atoms with van der Waals surface area (Å²) in [6.45, 7) is 5.56. The fourth-order valence-electron chi connectivity index (χ4n) is 5.30. The number of hydrogen-bond donors (Lipinski definition) is 1. The number of thiazole rings is 1. The molecule has 0 bridgehead atoms. The topological polar surface area (TPSA) is 82.6 Å². The van der Waals surface area contributed by atoms with Crippen LogP contribution in [-0.4, -0.2) is 57.8 Å². The second-order valence-electron chi connectivity index (χ2n) is 9.32. The van der Waals surface area contributed by atoms with Crippen LogP contribution >= 0.6 is 11.3 Å². The minimum Gasteiger partial charge on any atom is -0.343 e. The van der Waals surface area contributed by atoms with Crippen molar-refractivity contribution in [3.8, 4) is 0 Å². The minimum absolute atomic E-state index is 0.0393. The highest BCUT2D eigenvalue weighted by Gasteiger charge is 2.54. The number of aromatic nitrogens is 1.